The monoisotopic (exact) mass is 455 g/mol. The lowest BCUT2D eigenvalue weighted by Crippen LogP contribution is -2.57. The molecule has 2 aliphatic rings. The van der Waals surface area contributed by atoms with Gasteiger partial charge in [0.25, 0.3) is 0 Å². The first kappa shape index (κ1) is 20.8. The second-order valence-corrected chi connectivity index (χ2v) is 9.88. The maximum absolute atomic E-state index is 12.7. The summed E-state index contributed by atoms with van der Waals surface area (Å²) in [6.45, 7) is 6.97. The van der Waals surface area contributed by atoms with Crippen LogP contribution in [0.4, 0.5) is 10.6 Å². The number of piperazine rings is 1. The molecule has 0 aromatic carbocycles. The molecular formula is C19H23Cl2N5O2S. The van der Waals surface area contributed by atoms with Gasteiger partial charge >= 0.3 is 6.09 Å². The van der Waals surface area contributed by atoms with Crippen molar-refractivity contribution in [3.63, 3.8) is 0 Å². The fourth-order valence-corrected chi connectivity index (χ4v) is 5.02. The number of hydrogen-bond donors (Lipinski definition) is 0. The molecule has 0 radical (unpaired) electrons. The quantitative estimate of drug-likeness (QED) is 0.482. The van der Waals surface area contributed by atoms with E-state index in [-0.39, 0.29) is 23.5 Å². The van der Waals surface area contributed by atoms with Crippen molar-refractivity contribution in [2.75, 3.05) is 24.2 Å². The number of aromatic nitrogens is 3. The Bertz CT molecular complexity index is 954. The van der Waals surface area contributed by atoms with Crippen LogP contribution in [0.15, 0.2) is 11.1 Å². The molecule has 2 fully saturated rings. The Hall–Kier alpha value is -1.51. The van der Waals surface area contributed by atoms with Gasteiger partial charge in [0.2, 0.25) is 5.28 Å². The Kier molecular flexibility index (Phi) is 5.46. The molecule has 2 saturated heterocycles. The molecule has 0 N–H and O–H groups in total. The van der Waals surface area contributed by atoms with Crippen molar-refractivity contribution < 1.29 is 9.53 Å². The first-order valence-corrected chi connectivity index (χ1v) is 11.5. The minimum atomic E-state index is -0.512. The topological polar surface area (TPSA) is 71.5 Å². The van der Waals surface area contributed by atoms with Gasteiger partial charge in [-0.05, 0) is 57.5 Å². The number of anilines is 1. The third-order valence-corrected chi connectivity index (χ3v) is 6.41. The molecule has 2 aromatic heterocycles. The molecule has 2 aromatic rings. The number of rotatable bonds is 2. The highest BCUT2D eigenvalue weighted by Crippen LogP contribution is 2.37. The minimum Gasteiger partial charge on any atom is -0.444 e. The third-order valence-electron chi connectivity index (χ3n) is 5.14. The average molecular weight is 456 g/mol. The highest BCUT2D eigenvalue weighted by Gasteiger charge is 2.45. The van der Waals surface area contributed by atoms with Crippen LogP contribution >= 0.6 is 35.0 Å². The van der Waals surface area contributed by atoms with Crippen LogP contribution in [0.1, 0.15) is 33.6 Å². The number of pyridine rings is 1. The number of nitrogens with zero attached hydrogens (tertiary/aromatic N) is 5. The van der Waals surface area contributed by atoms with E-state index in [9.17, 15) is 4.79 Å². The van der Waals surface area contributed by atoms with Crippen LogP contribution in [0, 0.1) is 0 Å². The van der Waals surface area contributed by atoms with Crippen LogP contribution in [-0.2, 0) is 4.74 Å². The van der Waals surface area contributed by atoms with Crippen LogP contribution in [0.2, 0.25) is 10.3 Å². The number of carbonyl (C=O) groups is 1. The molecule has 0 saturated carbocycles. The largest absolute Gasteiger partial charge is 0.444 e. The van der Waals surface area contributed by atoms with E-state index in [1.54, 1.807) is 0 Å². The molecule has 1 amide bonds. The average Bonchev–Trinajstić information content (AvgIpc) is 2.90. The molecule has 7 nitrogen and oxygen atoms in total. The summed E-state index contributed by atoms with van der Waals surface area (Å²) in [4.78, 5) is 30.1. The lowest BCUT2D eigenvalue weighted by atomic mass is 10.1. The van der Waals surface area contributed by atoms with Gasteiger partial charge < -0.3 is 9.64 Å². The Morgan fingerprint density at radius 1 is 1.17 bits per heavy atom. The summed E-state index contributed by atoms with van der Waals surface area (Å²) in [7, 11) is 0. The van der Waals surface area contributed by atoms with E-state index in [4.69, 9.17) is 27.9 Å². The molecule has 10 heteroatoms. The second kappa shape index (κ2) is 7.63. The molecule has 0 aliphatic carbocycles. The zero-order valence-corrected chi connectivity index (χ0v) is 19.1. The number of ether oxygens (including phenoxy) is 1. The van der Waals surface area contributed by atoms with Crippen molar-refractivity contribution in [2.24, 2.45) is 0 Å². The lowest BCUT2D eigenvalue weighted by Gasteiger charge is -2.42. The van der Waals surface area contributed by atoms with Crippen LogP contribution in [0.3, 0.4) is 0 Å². The fraction of sp³-hybridized carbons (Fsp3) is 0.579. The molecular weight excluding hydrogens is 433 g/mol. The highest BCUT2D eigenvalue weighted by molar-refractivity contribution is 7.98. The first-order chi connectivity index (χ1) is 13.7. The highest BCUT2D eigenvalue weighted by atomic mass is 35.5. The van der Waals surface area contributed by atoms with E-state index in [1.165, 1.54) is 11.8 Å². The minimum absolute atomic E-state index is 0.0706. The number of carbonyl (C=O) groups excluding carboxylic acids is 1. The lowest BCUT2D eigenvalue weighted by molar-refractivity contribution is 0.0123. The van der Waals surface area contributed by atoms with Crippen molar-refractivity contribution >= 4 is 57.9 Å². The Morgan fingerprint density at radius 2 is 1.83 bits per heavy atom. The van der Waals surface area contributed by atoms with Crippen molar-refractivity contribution in [3.8, 4) is 0 Å². The zero-order valence-electron chi connectivity index (χ0n) is 16.8. The number of halogens is 2. The molecule has 2 bridgehead atoms. The standard InChI is InChI=1S/C19H23Cl2N5O2S/c1-19(2,3)28-18(27)26-10-5-6-11(26)9-25(8-10)15-12-7-13(20)16(29-4)22-14(12)23-17(21)24-15/h7,10-11H,5-6,8-9H2,1-4H3. The van der Waals surface area contributed by atoms with Gasteiger partial charge in [0.15, 0.2) is 5.65 Å². The number of fused-ring (bicyclic) bond motifs is 3. The predicted molar refractivity (Wildman–Crippen MR) is 116 cm³/mol. The molecule has 29 heavy (non-hydrogen) atoms. The summed E-state index contributed by atoms with van der Waals surface area (Å²) in [6.07, 6.45) is 3.54. The summed E-state index contributed by atoms with van der Waals surface area (Å²) >= 11 is 14.1. The van der Waals surface area contributed by atoms with E-state index in [0.29, 0.717) is 34.6 Å². The van der Waals surface area contributed by atoms with E-state index in [1.807, 2.05) is 38.0 Å². The summed E-state index contributed by atoms with van der Waals surface area (Å²) in [5.74, 6) is 0.711. The molecule has 156 valence electrons. The van der Waals surface area contributed by atoms with E-state index in [2.05, 4.69) is 19.9 Å². The summed E-state index contributed by atoms with van der Waals surface area (Å²) in [5.41, 5.74) is 0.0113. The van der Waals surface area contributed by atoms with Gasteiger partial charge in [0.1, 0.15) is 16.4 Å². The molecule has 4 heterocycles. The van der Waals surface area contributed by atoms with Crippen molar-refractivity contribution in [2.45, 2.75) is 56.3 Å². The van der Waals surface area contributed by atoms with Gasteiger partial charge in [-0.15, -0.1) is 11.8 Å². The maximum atomic E-state index is 12.7. The van der Waals surface area contributed by atoms with Gasteiger partial charge in [-0.25, -0.2) is 9.78 Å². The van der Waals surface area contributed by atoms with Crippen LogP contribution < -0.4 is 4.90 Å². The van der Waals surface area contributed by atoms with Gasteiger partial charge in [0.05, 0.1) is 22.5 Å². The smallest absolute Gasteiger partial charge is 0.410 e. The van der Waals surface area contributed by atoms with Crippen molar-refractivity contribution in [3.05, 3.63) is 16.4 Å². The normalized spacial score (nSPS) is 21.7. The van der Waals surface area contributed by atoms with Crippen molar-refractivity contribution in [1.29, 1.82) is 0 Å². The van der Waals surface area contributed by atoms with Gasteiger partial charge in [-0.2, -0.15) is 9.97 Å². The van der Waals surface area contributed by atoms with Crippen LogP contribution in [0.5, 0.6) is 0 Å². The van der Waals surface area contributed by atoms with Gasteiger partial charge in [-0.3, -0.25) is 4.90 Å². The molecule has 0 spiro atoms. The molecule has 4 rings (SSSR count). The third kappa shape index (κ3) is 4.07. The molecule has 2 aliphatic heterocycles. The molecule has 2 unspecified atom stereocenters. The van der Waals surface area contributed by atoms with E-state index >= 15 is 0 Å². The first-order valence-electron chi connectivity index (χ1n) is 9.50. The summed E-state index contributed by atoms with van der Waals surface area (Å²) in [6, 6.07) is 1.99. The van der Waals surface area contributed by atoms with E-state index in [0.717, 1.165) is 18.2 Å². The Balaban J connectivity index is 1.65. The zero-order chi connectivity index (χ0) is 20.9. The van der Waals surface area contributed by atoms with Crippen LogP contribution in [-0.4, -0.2) is 63.0 Å². The summed E-state index contributed by atoms with van der Waals surface area (Å²) in [5, 5.41) is 2.18. The Morgan fingerprint density at radius 3 is 2.41 bits per heavy atom. The van der Waals surface area contributed by atoms with Gasteiger partial charge in [0, 0.05) is 13.1 Å². The van der Waals surface area contributed by atoms with E-state index < -0.39 is 5.60 Å². The van der Waals surface area contributed by atoms with Gasteiger partial charge in [-0.1, -0.05) is 11.6 Å². The SMILES string of the molecule is CSc1nc2nc(Cl)nc(N3CC4CCC(C3)N4C(=O)OC(C)(C)C)c2cc1Cl. The van der Waals surface area contributed by atoms with Crippen molar-refractivity contribution in [1.82, 2.24) is 19.9 Å². The predicted octanol–water partition coefficient (Wildman–Crippen LogP) is 4.64. The number of amides is 1. The fourth-order valence-electron chi connectivity index (χ4n) is 4.05. The maximum Gasteiger partial charge on any atom is 0.410 e. The number of thioether (sulfide) groups is 1. The Labute approximate surface area is 184 Å². The number of hydrogen-bond acceptors (Lipinski definition) is 7. The second-order valence-electron chi connectivity index (χ2n) is 8.34. The summed E-state index contributed by atoms with van der Waals surface area (Å²) < 4.78 is 5.62. The molecule has 2 atom stereocenters. The van der Waals surface area contributed by atoms with Crippen LogP contribution in [0.25, 0.3) is 11.0 Å².